The van der Waals surface area contributed by atoms with Crippen molar-refractivity contribution in [1.82, 2.24) is 9.59 Å². The first-order valence-corrected chi connectivity index (χ1v) is 6.49. The smallest absolute Gasteiger partial charge is 0.363 e. The number of cyclic esters (lactones) is 1. The summed E-state index contributed by atoms with van der Waals surface area (Å²) in [5, 5.41) is 6.09. The number of nitrogens with zero attached hydrogens (tertiary/aromatic N) is 3. The number of hydrogen-bond acceptors (Lipinski definition) is 6. The molecule has 94 valence electrons. The third kappa shape index (κ3) is 2.54. The summed E-state index contributed by atoms with van der Waals surface area (Å²) in [5.41, 5.74) is 1.43. The summed E-state index contributed by atoms with van der Waals surface area (Å²) in [4.78, 5) is 15.8. The summed E-state index contributed by atoms with van der Waals surface area (Å²) in [6.07, 6.45) is 1.53. The fraction of sp³-hybridized carbons (Fsp3) is 0. The number of rotatable bonds is 2. The van der Waals surface area contributed by atoms with Crippen molar-refractivity contribution in [2.24, 2.45) is 4.99 Å². The number of ether oxygens (including phenoxy) is 1. The molecule has 5 nitrogen and oxygen atoms in total. The summed E-state index contributed by atoms with van der Waals surface area (Å²) < 4.78 is 8.81. The Morgan fingerprint density at radius 1 is 1.37 bits per heavy atom. The molecule has 2 heterocycles. The van der Waals surface area contributed by atoms with Crippen LogP contribution in [0.25, 0.3) is 6.08 Å². The molecule has 2 aromatic rings. The number of aliphatic imine (C=N–C) groups is 1. The summed E-state index contributed by atoms with van der Waals surface area (Å²) in [6.45, 7) is 0. The van der Waals surface area contributed by atoms with Crippen molar-refractivity contribution in [1.29, 1.82) is 0 Å². The highest BCUT2D eigenvalue weighted by molar-refractivity contribution is 7.03. The van der Waals surface area contributed by atoms with E-state index in [-0.39, 0.29) is 11.6 Å². The Balaban J connectivity index is 1.95. The first kappa shape index (κ1) is 12.0. The molecule has 0 unspecified atom stereocenters. The molecular formula is C12H6ClN3O2S. The van der Waals surface area contributed by atoms with Crippen LogP contribution in [0.1, 0.15) is 11.3 Å². The number of halogens is 1. The normalized spacial score (nSPS) is 16.6. The summed E-state index contributed by atoms with van der Waals surface area (Å²) in [7, 11) is 0. The van der Waals surface area contributed by atoms with E-state index in [1.165, 1.54) is 17.6 Å². The van der Waals surface area contributed by atoms with Gasteiger partial charge in [0.25, 0.3) is 0 Å². The van der Waals surface area contributed by atoms with E-state index >= 15 is 0 Å². The minimum Gasteiger partial charge on any atom is -0.402 e. The van der Waals surface area contributed by atoms with Crippen LogP contribution in [-0.2, 0) is 9.53 Å². The van der Waals surface area contributed by atoms with Gasteiger partial charge in [-0.05, 0) is 35.8 Å². The SMILES string of the molecule is O=C1OC(c2cccc(Cl)c2)=N/C1=C/c1csnn1. The molecule has 0 atom stereocenters. The van der Waals surface area contributed by atoms with Crippen LogP contribution >= 0.6 is 23.1 Å². The van der Waals surface area contributed by atoms with Crippen molar-refractivity contribution >= 4 is 41.1 Å². The van der Waals surface area contributed by atoms with Crippen LogP contribution in [0.5, 0.6) is 0 Å². The van der Waals surface area contributed by atoms with E-state index in [2.05, 4.69) is 14.6 Å². The third-order valence-electron chi connectivity index (χ3n) is 2.35. The standard InChI is InChI=1S/C12H6ClN3O2S/c13-8-3-1-2-7(4-8)11-14-10(12(17)18-11)5-9-6-19-16-15-9/h1-6H/b10-5+. The Kier molecular flexibility index (Phi) is 3.10. The van der Waals surface area contributed by atoms with Crippen molar-refractivity contribution in [3.8, 4) is 0 Å². The molecule has 1 aromatic carbocycles. The Bertz CT molecular complexity index is 695. The van der Waals surface area contributed by atoms with Gasteiger partial charge in [-0.2, -0.15) is 0 Å². The van der Waals surface area contributed by atoms with Crippen LogP contribution < -0.4 is 0 Å². The Hall–Kier alpha value is -2.05. The maximum atomic E-state index is 11.7. The highest BCUT2D eigenvalue weighted by Crippen LogP contribution is 2.20. The molecule has 0 saturated carbocycles. The fourth-order valence-corrected chi connectivity index (χ4v) is 2.13. The van der Waals surface area contributed by atoms with Crippen LogP contribution in [0, 0.1) is 0 Å². The third-order valence-corrected chi connectivity index (χ3v) is 3.11. The van der Waals surface area contributed by atoms with Crippen LogP contribution in [0.3, 0.4) is 0 Å². The van der Waals surface area contributed by atoms with Gasteiger partial charge >= 0.3 is 5.97 Å². The van der Waals surface area contributed by atoms with Gasteiger partial charge in [0.05, 0.1) is 0 Å². The number of aromatic nitrogens is 2. The quantitative estimate of drug-likeness (QED) is 0.630. The van der Waals surface area contributed by atoms with Crippen LogP contribution in [0.15, 0.2) is 40.3 Å². The van der Waals surface area contributed by atoms with Gasteiger partial charge < -0.3 is 4.74 Å². The van der Waals surface area contributed by atoms with Crippen molar-refractivity contribution in [3.05, 3.63) is 51.6 Å². The molecule has 3 rings (SSSR count). The van der Waals surface area contributed by atoms with E-state index in [4.69, 9.17) is 16.3 Å². The minimum absolute atomic E-state index is 0.197. The average Bonchev–Trinajstić information content (AvgIpc) is 3.01. The lowest BCUT2D eigenvalue weighted by Gasteiger charge is -1.98. The van der Waals surface area contributed by atoms with Gasteiger partial charge in [0.2, 0.25) is 5.90 Å². The largest absolute Gasteiger partial charge is 0.402 e. The van der Waals surface area contributed by atoms with E-state index in [0.717, 1.165) is 0 Å². The van der Waals surface area contributed by atoms with E-state index in [9.17, 15) is 4.79 Å². The Morgan fingerprint density at radius 2 is 2.26 bits per heavy atom. The molecule has 1 aromatic heterocycles. The molecule has 0 bridgehead atoms. The number of benzene rings is 1. The van der Waals surface area contributed by atoms with E-state index in [1.807, 2.05) is 0 Å². The van der Waals surface area contributed by atoms with E-state index in [0.29, 0.717) is 16.3 Å². The van der Waals surface area contributed by atoms with Crippen molar-refractivity contribution in [2.75, 3.05) is 0 Å². The van der Waals surface area contributed by atoms with Gasteiger partial charge in [-0.15, -0.1) is 5.10 Å². The molecule has 19 heavy (non-hydrogen) atoms. The second-order valence-electron chi connectivity index (χ2n) is 3.68. The molecule has 0 saturated heterocycles. The molecule has 0 spiro atoms. The predicted octanol–water partition coefficient (Wildman–Crippen LogP) is 2.54. The summed E-state index contributed by atoms with van der Waals surface area (Å²) in [6, 6.07) is 6.95. The second kappa shape index (κ2) is 4.91. The highest BCUT2D eigenvalue weighted by atomic mass is 35.5. The maximum Gasteiger partial charge on any atom is 0.363 e. The first-order valence-electron chi connectivity index (χ1n) is 5.28. The fourth-order valence-electron chi connectivity index (χ4n) is 1.53. The lowest BCUT2D eigenvalue weighted by atomic mass is 10.2. The lowest BCUT2D eigenvalue weighted by Crippen LogP contribution is -2.05. The number of carbonyl (C=O) groups is 1. The summed E-state index contributed by atoms with van der Waals surface area (Å²) in [5.74, 6) is -0.273. The Labute approximate surface area is 117 Å². The number of carbonyl (C=O) groups excluding carboxylic acids is 1. The van der Waals surface area contributed by atoms with Crippen LogP contribution in [-0.4, -0.2) is 21.5 Å². The number of esters is 1. The highest BCUT2D eigenvalue weighted by Gasteiger charge is 2.24. The summed E-state index contributed by atoms with van der Waals surface area (Å²) >= 11 is 7.08. The zero-order valence-corrected chi connectivity index (χ0v) is 11.0. The lowest BCUT2D eigenvalue weighted by molar-refractivity contribution is -0.129. The topological polar surface area (TPSA) is 64.4 Å². The van der Waals surface area contributed by atoms with Gasteiger partial charge in [0, 0.05) is 16.0 Å². The van der Waals surface area contributed by atoms with Crippen molar-refractivity contribution < 1.29 is 9.53 Å². The minimum atomic E-state index is -0.511. The van der Waals surface area contributed by atoms with E-state index in [1.54, 1.807) is 29.6 Å². The van der Waals surface area contributed by atoms with Crippen LogP contribution in [0.4, 0.5) is 0 Å². The maximum absolute atomic E-state index is 11.7. The zero-order chi connectivity index (χ0) is 13.2. The molecular weight excluding hydrogens is 286 g/mol. The molecule has 7 heteroatoms. The van der Waals surface area contributed by atoms with Gasteiger partial charge in [0.1, 0.15) is 5.69 Å². The molecule has 0 amide bonds. The average molecular weight is 292 g/mol. The predicted molar refractivity (Wildman–Crippen MR) is 72.0 cm³/mol. The van der Waals surface area contributed by atoms with Gasteiger partial charge in [-0.1, -0.05) is 22.2 Å². The molecule has 0 radical (unpaired) electrons. The van der Waals surface area contributed by atoms with Gasteiger partial charge in [-0.25, -0.2) is 9.79 Å². The second-order valence-corrected chi connectivity index (χ2v) is 4.72. The molecule has 1 aliphatic rings. The van der Waals surface area contributed by atoms with E-state index < -0.39 is 5.97 Å². The Morgan fingerprint density at radius 3 is 3.00 bits per heavy atom. The number of hydrogen-bond donors (Lipinski definition) is 0. The van der Waals surface area contributed by atoms with Crippen LogP contribution in [0.2, 0.25) is 5.02 Å². The molecule has 0 aliphatic carbocycles. The van der Waals surface area contributed by atoms with Gasteiger partial charge in [-0.3, -0.25) is 0 Å². The molecule has 1 aliphatic heterocycles. The van der Waals surface area contributed by atoms with Crippen molar-refractivity contribution in [2.45, 2.75) is 0 Å². The van der Waals surface area contributed by atoms with Gasteiger partial charge in [0.15, 0.2) is 5.70 Å². The van der Waals surface area contributed by atoms with Crippen molar-refractivity contribution in [3.63, 3.8) is 0 Å². The zero-order valence-electron chi connectivity index (χ0n) is 9.41. The molecule has 0 N–H and O–H groups in total. The first-order chi connectivity index (χ1) is 9.22. The monoisotopic (exact) mass is 291 g/mol. The molecule has 0 fully saturated rings.